The van der Waals surface area contributed by atoms with Gasteiger partial charge in [-0.2, -0.15) is 4.98 Å². The van der Waals surface area contributed by atoms with E-state index in [0.717, 1.165) is 10.8 Å². The van der Waals surface area contributed by atoms with Crippen LogP contribution in [0.25, 0.3) is 10.8 Å². The van der Waals surface area contributed by atoms with Gasteiger partial charge in [0, 0.05) is 18.9 Å². The first-order chi connectivity index (χ1) is 11.6. The van der Waals surface area contributed by atoms with Crippen LogP contribution in [0, 0.1) is 0 Å². The zero-order valence-electron chi connectivity index (χ0n) is 13.9. The Morgan fingerprint density at radius 3 is 2.42 bits per heavy atom. The highest BCUT2D eigenvalue weighted by Gasteiger charge is 2.05. The lowest BCUT2D eigenvalue weighted by Gasteiger charge is -2.08. The van der Waals surface area contributed by atoms with Crippen LogP contribution in [0.4, 0.5) is 16.3 Å². The molecule has 1 aromatic heterocycles. The van der Waals surface area contributed by atoms with Crippen LogP contribution in [0.5, 0.6) is 0 Å². The third-order valence-electron chi connectivity index (χ3n) is 3.22. The van der Waals surface area contributed by atoms with Gasteiger partial charge in [0.1, 0.15) is 5.82 Å². The summed E-state index contributed by atoms with van der Waals surface area (Å²) >= 11 is 0. The molecule has 2 N–H and O–H groups in total. The van der Waals surface area contributed by atoms with E-state index < -0.39 is 11.7 Å². The molecular formula is C18H20N4O2. The Labute approximate surface area is 140 Å². The van der Waals surface area contributed by atoms with E-state index in [1.165, 1.54) is 4.57 Å². The fourth-order valence-corrected chi connectivity index (χ4v) is 2.08. The molecule has 24 heavy (non-hydrogen) atoms. The molecule has 1 heterocycles. The average molecular weight is 324 g/mol. The van der Waals surface area contributed by atoms with Crippen LogP contribution >= 0.6 is 0 Å². The molecule has 2 amide bonds. The predicted octanol–water partition coefficient (Wildman–Crippen LogP) is 3.60. The molecule has 0 aliphatic rings. The maximum absolute atomic E-state index is 11.9. The molecule has 6 heteroatoms. The lowest BCUT2D eigenvalue weighted by atomic mass is 10.1. The molecule has 124 valence electrons. The van der Waals surface area contributed by atoms with E-state index in [1.54, 1.807) is 19.3 Å². The van der Waals surface area contributed by atoms with E-state index in [0.29, 0.717) is 5.69 Å². The zero-order chi connectivity index (χ0) is 17.5. The first-order valence-electron chi connectivity index (χ1n) is 7.72. The molecule has 0 saturated carbocycles. The van der Waals surface area contributed by atoms with Gasteiger partial charge in [0.25, 0.3) is 0 Å². The highest BCUT2D eigenvalue weighted by molar-refractivity contribution is 6.00. The second kappa shape index (κ2) is 7.92. The van der Waals surface area contributed by atoms with Crippen molar-refractivity contribution in [3.05, 3.63) is 65.2 Å². The number of carbonyl (C=O) groups excluding carboxylic acids is 1. The van der Waals surface area contributed by atoms with E-state index in [4.69, 9.17) is 0 Å². The highest BCUT2D eigenvalue weighted by Crippen LogP contribution is 2.18. The number of hydrogen-bond donors (Lipinski definition) is 2. The van der Waals surface area contributed by atoms with Gasteiger partial charge in [-0.15, -0.1) is 0 Å². The Hall–Kier alpha value is -3.15. The molecule has 0 atom stereocenters. The smallest absolute Gasteiger partial charge is 0.308 e. The minimum absolute atomic E-state index is 0.210. The summed E-state index contributed by atoms with van der Waals surface area (Å²) in [6.07, 6.45) is 1.54. The molecule has 2 aromatic carbocycles. The number of carbonyl (C=O) groups is 1. The standard InChI is InChI=1S/C16H14N4O2.C2H6/c1-20-9-8-14(19-16(20)22)18-15(21)17-13-7-6-11-4-2-3-5-12(11)10-13;1-2/h2-10H,1H3,(H2,17,18,19,21,22);1-2H3. The van der Waals surface area contributed by atoms with Gasteiger partial charge in [0.05, 0.1) is 0 Å². The third kappa shape index (κ3) is 4.19. The zero-order valence-corrected chi connectivity index (χ0v) is 13.9. The molecule has 0 aliphatic carbocycles. The van der Waals surface area contributed by atoms with Crippen molar-refractivity contribution in [2.45, 2.75) is 13.8 Å². The summed E-state index contributed by atoms with van der Waals surface area (Å²) in [5.74, 6) is 0.210. The minimum atomic E-state index is -0.448. The Morgan fingerprint density at radius 1 is 1.00 bits per heavy atom. The topological polar surface area (TPSA) is 76.0 Å². The molecule has 0 bridgehead atoms. The van der Waals surface area contributed by atoms with Crippen molar-refractivity contribution in [1.82, 2.24) is 9.55 Å². The molecule has 0 fully saturated rings. The van der Waals surface area contributed by atoms with Gasteiger partial charge < -0.3 is 9.88 Å². The number of nitrogens with zero attached hydrogens (tertiary/aromatic N) is 2. The molecule has 3 rings (SSSR count). The van der Waals surface area contributed by atoms with E-state index >= 15 is 0 Å². The van der Waals surface area contributed by atoms with Crippen molar-refractivity contribution >= 4 is 28.3 Å². The fraction of sp³-hybridized carbons (Fsp3) is 0.167. The Morgan fingerprint density at radius 2 is 1.71 bits per heavy atom. The number of rotatable bonds is 2. The normalized spacial score (nSPS) is 9.79. The van der Waals surface area contributed by atoms with Crippen LogP contribution < -0.4 is 16.3 Å². The van der Waals surface area contributed by atoms with Gasteiger partial charge in [-0.3, -0.25) is 5.32 Å². The lowest BCUT2D eigenvalue weighted by Crippen LogP contribution is -2.25. The summed E-state index contributed by atoms with van der Waals surface area (Å²) in [6.45, 7) is 4.00. The monoisotopic (exact) mass is 324 g/mol. The van der Waals surface area contributed by atoms with Crippen molar-refractivity contribution in [1.29, 1.82) is 0 Å². The molecule has 6 nitrogen and oxygen atoms in total. The number of hydrogen-bond acceptors (Lipinski definition) is 3. The van der Waals surface area contributed by atoms with Crippen LogP contribution in [0.2, 0.25) is 0 Å². The SMILES string of the molecule is CC.Cn1ccc(NC(=O)Nc2ccc3ccccc3c2)nc1=O. The van der Waals surface area contributed by atoms with Crippen LogP contribution in [0.3, 0.4) is 0 Å². The Bertz CT molecular complexity index is 903. The van der Waals surface area contributed by atoms with Crippen LogP contribution in [-0.4, -0.2) is 15.6 Å². The number of fused-ring (bicyclic) bond motifs is 1. The second-order valence-electron chi connectivity index (χ2n) is 4.85. The van der Waals surface area contributed by atoms with Crippen molar-refractivity contribution < 1.29 is 4.79 Å². The summed E-state index contributed by atoms with van der Waals surface area (Å²) < 4.78 is 1.33. The van der Waals surface area contributed by atoms with Crippen molar-refractivity contribution in [3.8, 4) is 0 Å². The number of aryl methyl sites for hydroxylation is 1. The van der Waals surface area contributed by atoms with Gasteiger partial charge in [0.2, 0.25) is 0 Å². The minimum Gasteiger partial charge on any atom is -0.308 e. The van der Waals surface area contributed by atoms with Crippen LogP contribution in [-0.2, 0) is 7.05 Å². The van der Waals surface area contributed by atoms with Crippen LogP contribution in [0.1, 0.15) is 13.8 Å². The molecule has 0 spiro atoms. The first-order valence-corrected chi connectivity index (χ1v) is 7.72. The third-order valence-corrected chi connectivity index (χ3v) is 3.22. The lowest BCUT2D eigenvalue weighted by molar-refractivity contribution is 0.262. The van der Waals surface area contributed by atoms with Gasteiger partial charge >= 0.3 is 11.7 Å². The highest BCUT2D eigenvalue weighted by atomic mass is 16.2. The van der Waals surface area contributed by atoms with E-state index in [2.05, 4.69) is 15.6 Å². The maximum atomic E-state index is 11.9. The Kier molecular flexibility index (Phi) is 5.68. The number of aromatic nitrogens is 2. The van der Waals surface area contributed by atoms with E-state index in [1.807, 2.05) is 56.3 Å². The molecule has 0 saturated heterocycles. The number of nitrogens with one attached hydrogen (secondary N) is 2. The van der Waals surface area contributed by atoms with Crippen LogP contribution in [0.15, 0.2) is 59.5 Å². The first kappa shape index (κ1) is 17.2. The van der Waals surface area contributed by atoms with Crippen molar-refractivity contribution in [2.75, 3.05) is 10.6 Å². The average Bonchev–Trinajstić information content (AvgIpc) is 2.60. The molecule has 0 aliphatic heterocycles. The predicted molar refractivity (Wildman–Crippen MR) is 97.4 cm³/mol. The van der Waals surface area contributed by atoms with Gasteiger partial charge in [-0.25, -0.2) is 9.59 Å². The second-order valence-corrected chi connectivity index (χ2v) is 4.85. The number of anilines is 2. The summed E-state index contributed by atoms with van der Waals surface area (Å²) in [6, 6.07) is 14.6. The van der Waals surface area contributed by atoms with Gasteiger partial charge in [-0.05, 0) is 29.0 Å². The van der Waals surface area contributed by atoms with Gasteiger partial charge in [-0.1, -0.05) is 44.2 Å². The molecular weight excluding hydrogens is 304 g/mol. The number of urea groups is 1. The van der Waals surface area contributed by atoms with E-state index in [9.17, 15) is 9.59 Å². The largest absolute Gasteiger partial charge is 0.349 e. The summed E-state index contributed by atoms with van der Waals surface area (Å²) in [4.78, 5) is 27.1. The van der Waals surface area contributed by atoms with Crippen molar-refractivity contribution in [3.63, 3.8) is 0 Å². The van der Waals surface area contributed by atoms with E-state index in [-0.39, 0.29) is 5.82 Å². The van der Waals surface area contributed by atoms with Gasteiger partial charge in [0.15, 0.2) is 0 Å². The summed E-state index contributed by atoms with van der Waals surface area (Å²) in [7, 11) is 1.59. The molecule has 0 radical (unpaired) electrons. The number of amides is 2. The Balaban J connectivity index is 0.00000100. The van der Waals surface area contributed by atoms with Crippen molar-refractivity contribution in [2.24, 2.45) is 7.05 Å². The molecule has 0 unspecified atom stereocenters. The fourth-order valence-electron chi connectivity index (χ4n) is 2.08. The quantitative estimate of drug-likeness (QED) is 0.756. The molecule has 3 aromatic rings. The number of benzene rings is 2. The summed E-state index contributed by atoms with van der Waals surface area (Å²) in [5, 5.41) is 7.38. The maximum Gasteiger partial charge on any atom is 0.349 e. The summed E-state index contributed by atoms with van der Waals surface area (Å²) in [5.41, 5.74) is 0.239.